The van der Waals surface area contributed by atoms with Crippen molar-refractivity contribution in [3.63, 3.8) is 0 Å². The molecule has 0 saturated carbocycles. The summed E-state index contributed by atoms with van der Waals surface area (Å²) in [4.78, 5) is 16.1. The molecular weight excluding hydrogens is 355 g/mol. The third-order valence-electron chi connectivity index (χ3n) is 3.48. The highest BCUT2D eigenvalue weighted by molar-refractivity contribution is 7.14. The topological polar surface area (TPSA) is 74.2 Å². The molecule has 2 amide bonds. The van der Waals surface area contributed by atoms with E-state index >= 15 is 0 Å². The van der Waals surface area contributed by atoms with E-state index in [1.165, 1.54) is 11.3 Å². The smallest absolute Gasteiger partial charge is 0.321 e. The largest absolute Gasteiger partial charge is 0.407 e. The summed E-state index contributed by atoms with van der Waals surface area (Å²) in [5.41, 5.74) is 0.704. The first kappa shape index (κ1) is 19.4. The molecule has 9 heteroatoms. The van der Waals surface area contributed by atoms with Gasteiger partial charge in [-0.05, 0) is 24.6 Å². The molecule has 5 nitrogen and oxygen atoms in total. The second-order valence-corrected chi connectivity index (χ2v) is 6.91. The Morgan fingerprint density at radius 2 is 2.08 bits per heavy atom. The molecule has 0 aliphatic rings. The average Bonchev–Trinajstić information content (AvgIpc) is 3.01. The summed E-state index contributed by atoms with van der Waals surface area (Å²) in [5, 5.41) is 14.8. The Morgan fingerprint density at radius 3 is 2.64 bits per heavy atom. The maximum atomic E-state index is 11.8. The van der Waals surface area contributed by atoms with E-state index < -0.39 is 16.8 Å². The van der Waals surface area contributed by atoms with Gasteiger partial charge in [-0.2, -0.15) is 0 Å². The number of aliphatic hydroxyl groups is 1. The first-order valence-corrected chi connectivity index (χ1v) is 8.44. The standard InChI is InChI=1S/C16H14B2ClN3O2S/c1-3-15(2,10-4-6-11(19)7-5-10)12-8-25-14(21-12)22-13(23)20-9-16(17,18)24/h1,4-8,24H,9H2,2H3,(H2,20,21,22,23)/t15-/m0/s1. The summed E-state index contributed by atoms with van der Waals surface area (Å²) >= 11 is 7.14. The molecule has 0 unspecified atom stereocenters. The van der Waals surface area contributed by atoms with Crippen molar-refractivity contribution in [2.45, 2.75) is 17.7 Å². The molecule has 2 rings (SSSR count). The summed E-state index contributed by atoms with van der Waals surface area (Å²) in [7, 11) is 10.4. The second-order valence-electron chi connectivity index (χ2n) is 5.61. The minimum atomic E-state index is -1.98. The monoisotopic (exact) mass is 369 g/mol. The number of anilines is 1. The number of rotatable bonds is 5. The zero-order valence-corrected chi connectivity index (χ0v) is 15.0. The van der Waals surface area contributed by atoms with Gasteiger partial charge in [0.25, 0.3) is 0 Å². The lowest BCUT2D eigenvalue weighted by Gasteiger charge is -2.22. The molecule has 1 aromatic heterocycles. The van der Waals surface area contributed by atoms with Crippen molar-refractivity contribution in [3.8, 4) is 12.3 Å². The van der Waals surface area contributed by atoms with Crippen LogP contribution in [-0.2, 0) is 5.41 Å². The van der Waals surface area contributed by atoms with Crippen molar-refractivity contribution < 1.29 is 9.90 Å². The lowest BCUT2D eigenvalue weighted by atomic mass is 9.65. The Kier molecular flexibility index (Phi) is 5.83. The lowest BCUT2D eigenvalue weighted by molar-refractivity contribution is 0.205. The molecule has 25 heavy (non-hydrogen) atoms. The number of amides is 2. The van der Waals surface area contributed by atoms with Crippen LogP contribution < -0.4 is 10.6 Å². The number of urea groups is 1. The number of hydrogen-bond acceptors (Lipinski definition) is 4. The molecule has 1 heterocycles. The fourth-order valence-electron chi connectivity index (χ4n) is 2.01. The Balaban J connectivity index is 2.15. The van der Waals surface area contributed by atoms with Gasteiger partial charge in [0.15, 0.2) is 5.13 Å². The maximum Gasteiger partial charge on any atom is 0.321 e. The van der Waals surface area contributed by atoms with Crippen molar-refractivity contribution in [1.29, 1.82) is 0 Å². The van der Waals surface area contributed by atoms with Crippen LogP contribution in [0, 0.1) is 12.3 Å². The predicted molar refractivity (Wildman–Crippen MR) is 102 cm³/mol. The number of terminal acetylenes is 1. The molecule has 0 aliphatic heterocycles. The van der Waals surface area contributed by atoms with Gasteiger partial charge in [0.1, 0.15) is 15.7 Å². The van der Waals surface area contributed by atoms with Crippen LogP contribution in [0.4, 0.5) is 9.93 Å². The molecule has 0 fully saturated rings. The van der Waals surface area contributed by atoms with Crippen LogP contribution in [0.2, 0.25) is 5.02 Å². The Labute approximate surface area is 158 Å². The fourth-order valence-corrected chi connectivity index (χ4v) is 2.95. The molecule has 0 bridgehead atoms. The summed E-state index contributed by atoms with van der Waals surface area (Å²) in [6.45, 7) is 1.54. The number of carbonyl (C=O) groups excluding carboxylic acids is 1. The van der Waals surface area contributed by atoms with Crippen molar-refractivity contribution in [2.75, 3.05) is 11.9 Å². The van der Waals surface area contributed by atoms with Gasteiger partial charge in [0, 0.05) is 22.3 Å². The first-order valence-electron chi connectivity index (χ1n) is 7.19. The van der Waals surface area contributed by atoms with Gasteiger partial charge < -0.3 is 10.4 Å². The summed E-state index contributed by atoms with van der Waals surface area (Å²) in [6, 6.07) is 6.59. The van der Waals surface area contributed by atoms with Crippen LogP contribution in [0.1, 0.15) is 18.2 Å². The van der Waals surface area contributed by atoms with Crippen molar-refractivity contribution in [3.05, 3.63) is 45.9 Å². The first-order chi connectivity index (χ1) is 11.6. The number of nitrogens with one attached hydrogen (secondary N) is 2. The third kappa shape index (κ3) is 5.02. The van der Waals surface area contributed by atoms with Crippen LogP contribution in [-0.4, -0.2) is 43.8 Å². The van der Waals surface area contributed by atoms with Gasteiger partial charge in [-0.25, -0.2) is 9.78 Å². The van der Waals surface area contributed by atoms with E-state index in [-0.39, 0.29) is 6.54 Å². The SMILES string of the molecule is [B]C([B])(O)CNC(=O)Nc1nc([C@@](C)(C#C)c2ccc(Cl)cc2)cs1. The number of thiazole rings is 1. The van der Waals surface area contributed by atoms with Gasteiger partial charge in [0.05, 0.1) is 11.1 Å². The molecule has 4 radical (unpaired) electrons. The van der Waals surface area contributed by atoms with E-state index in [0.717, 1.165) is 5.56 Å². The highest BCUT2D eigenvalue weighted by Gasteiger charge is 2.29. The van der Waals surface area contributed by atoms with E-state index in [9.17, 15) is 9.90 Å². The molecule has 1 atom stereocenters. The molecule has 1 aromatic carbocycles. The van der Waals surface area contributed by atoms with E-state index in [4.69, 9.17) is 33.7 Å². The Hall–Kier alpha value is -1.94. The van der Waals surface area contributed by atoms with Crippen LogP contribution in [0.3, 0.4) is 0 Å². The highest BCUT2D eigenvalue weighted by atomic mass is 35.5. The molecule has 0 aliphatic carbocycles. The van der Waals surface area contributed by atoms with Gasteiger partial charge in [-0.3, -0.25) is 5.32 Å². The molecule has 0 spiro atoms. The molecule has 3 N–H and O–H groups in total. The Morgan fingerprint density at radius 1 is 1.44 bits per heavy atom. The van der Waals surface area contributed by atoms with Gasteiger partial charge in [0.2, 0.25) is 0 Å². The predicted octanol–water partition coefficient (Wildman–Crippen LogP) is 1.84. The number of aromatic nitrogens is 1. The Bertz CT molecular complexity index is 799. The summed E-state index contributed by atoms with van der Waals surface area (Å²) in [6.07, 6.45) is 5.74. The van der Waals surface area contributed by atoms with E-state index in [1.54, 1.807) is 17.5 Å². The average molecular weight is 369 g/mol. The highest BCUT2D eigenvalue weighted by Crippen LogP contribution is 2.33. The fraction of sp³-hybridized carbons (Fsp3) is 0.250. The minimum absolute atomic E-state index is 0.316. The minimum Gasteiger partial charge on any atom is -0.407 e. The second kappa shape index (κ2) is 7.52. The van der Waals surface area contributed by atoms with Crippen molar-refractivity contribution in [1.82, 2.24) is 10.3 Å². The summed E-state index contributed by atoms with van der Waals surface area (Å²) < 4.78 is 0. The van der Waals surface area contributed by atoms with Gasteiger partial charge in [-0.15, -0.1) is 17.8 Å². The van der Waals surface area contributed by atoms with E-state index in [2.05, 4.69) is 21.5 Å². The normalized spacial score (nSPS) is 13.5. The third-order valence-corrected chi connectivity index (χ3v) is 4.49. The van der Waals surface area contributed by atoms with Crippen LogP contribution in [0.25, 0.3) is 0 Å². The zero-order valence-electron chi connectivity index (χ0n) is 13.4. The molecule has 2 aromatic rings. The van der Waals surface area contributed by atoms with E-state index in [1.807, 2.05) is 19.1 Å². The van der Waals surface area contributed by atoms with Crippen molar-refractivity contribution in [2.24, 2.45) is 0 Å². The number of hydrogen-bond donors (Lipinski definition) is 3. The number of halogens is 1. The van der Waals surface area contributed by atoms with Crippen LogP contribution in [0.5, 0.6) is 0 Å². The van der Waals surface area contributed by atoms with Gasteiger partial charge in [-0.1, -0.05) is 29.7 Å². The van der Waals surface area contributed by atoms with E-state index in [0.29, 0.717) is 15.8 Å². The molecule has 124 valence electrons. The quantitative estimate of drug-likeness (QED) is 0.556. The lowest BCUT2D eigenvalue weighted by Crippen LogP contribution is -2.45. The number of nitrogens with zero attached hydrogens (tertiary/aromatic N) is 1. The zero-order chi connectivity index (χ0) is 18.7. The number of carbonyl (C=O) groups is 1. The van der Waals surface area contributed by atoms with Crippen LogP contribution >= 0.6 is 22.9 Å². The summed E-state index contributed by atoms with van der Waals surface area (Å²) in [5.74, 6) is 2.75. The van der Waals surface area contributed by atoms with Crippen LogP contribution in [0.15, 0.2) is 29.6 Å². The van der Waals surface area contributed by atoms with Crippen molar-refractivity contribution >= 4 is 49.8 Å². The molecule has 0 saturated heterocycles. The maximum absolute atomic E-state index is 11.8. The molecular formula is C16H14B2ClN3O2S. The van der Waals surface area contributed by atoms with Gasteiger partial charge >= 0.3 is 6.03 Å². The number of benzene rings is 1.